The van der Waals surface area contributed by atoms with Crippen LogP contribution in [0.25, 0.3) is 5.57 Å². The van der Waals surface area contributed by atoms with Crippen LogP contribution in [0.15, 0.2) is 66.5 Å². The highest BCUT2D eigenvalue weighted by molar-refractivity contribution is 6.28. The van der Waals surface area contributed by atoms with E-state index >= 15 is 0 Å². The number of carbonyl (C=O) groups is 2. The van der Waals surface area contributed by atoms with Gasteiger partial charge in [0.1, 0.15) is 11.3 Å². The van der Waals surface area contributed by atoms with E-state index in [1.165, 1.54) is 37.6 Å². The Labute approximate surface area is 242 Å². The normalized spacial score (nSPS) is 17.3. The number of nitrogens with zero attached hydrogens (tertiary/aromatic N) is 2. The second-order valence-corrected chi connectivity index (χ2v) is 9.74. The van der Waals surface area contributed by atoms with Crippen LogP contribution >= 0.6 is 0 Å². The quantitative estimate of drug-likeness (QED) is 0.179. The first-order valence-electron chi connectivity index (χ1n) is 12.9. The van der Waals surface area contributed by atoms with Gasteiger partial charge in [0.25, 0.3) is 11.8 Å². The lowest BCUT2D eigenvalue weighted by molar-refractivity contribution is -0.201. The lowest BCUT2D eigenvalue weighted by Crippen LogP contribution is -2.59. The van der Waals surface area contributed by atoms with Crippen molar-refractivity contribution in [2.24, 2.45) is 0 Å². The Hall–Kier alpha value is -4.62. The molecule has 0 unspecified atom stereocenters. The van der Waals surface area contributed by atoms with E-state index in [2.05, 4.69) is 15.3 Å². The van der Waals surface area contributed by atoms with Gasteiger partial charge >= 0.3 is 12.4 Å². The van der Waals surface area contributed by atoms with E-state index in [0.29, 0.717) is 0 Å². The first-order valence-corrected chi connectivity index (χ1v) is 12.9. The van der Waals surface area contributed by atoms with Crippen LogP contribution in [0.3, 0.4) is 0 Å². The van der Waals surface area contributed by atoms with Gasteiger partial charge in [0.2, 0.25) is 5.88 Å². The molecule has 8 nitrogen and oxygen atoms in total. The summed E-state index contributed by atoms with van der Waals surface area (Å²) in [5.41, 5.74) is -2.97. The minimum Gasteiger partial charge on any atom is -0.494 e. The smallest absolute Gasteiger partial charge is 0.416 e. The maximum absolute atomic E-state index is 14.9. The van der Waals surface area contributed by atoms with E-state index in [0.717, 1.165) is 23.9 Å². The Bertz CT molecular complexity index is 1490. The van der Waals surface area contributed by atoms with E-state index in [1.54, 1.807) is 19.1 Å². The number of nitrogens with one attached hydrogen (secondary N) is 2. The zero-order chi connectivity index (χ0) is 31.4. The van der Waals surface area contributed by atoms with Crippen molar-refractivity contribution in [2.75, 3.05) is 19.0 Å². The third-order valence-electron chi connectivity index (χ3n) is 6.71. The largest absolute Gasteiger partial charge is 0.494 e. The average molecular weight is 609 g/mol. The second-order valence-electron chi connectivity index (χ2n) is 9.74. The van der Waals surface area contributed by atoms with Crippen molar-refractivity contribution in [1.29, 1.82) is 0 Å². The molecule has 0 aliphatic carbocycles. The van der Waals surface area contributed by atoms with Crippen LogP contribution in [-0.2, 0) is 15.1 Å². The van der Waals surface area contributed by atoms with Crippen LogP contribution in [-0.4, -0.2) is 47.9 Å². The predicted octanol–water partition coefficient (Wildman–Crippen LogP) is 5.88. The minimum absolute atomic E-state index is 0.0559. The Balaban J connectivity index is 1.71. The number of anilines is 1. The summed E-state index contributed by atoms with van der Waals surface area (Å²) in [4.78, 5) is 34.6. The molecule has 14 heteroatoms. The summed E-state index contributed by atoms with van der Waals surface area (Å²) in [5, 5.41) is 4.41. The topological polar surface area (TPSA) is 102 Å². The second kappa shape index (κ2) is 12.3. The SMILES string of the molecule is COc1cnc(NC(=O)C2=C(c3ccc(C)cc3)C[C@](c3ccc(OCCCC(F)(F)F)cc3)(C(F)(F)F)NC2=O)cn1. The molecule has 1 atom stereocenters. The van der Waals surface area contributed by atoms with E-state index < -0.39 is 48.1 Å². The van der Waals surface area contributed by atoms with Gasteiger partial charge in [-0.15, -0.1) is 0 Å². The van der Waals surface area contributed by atoms with E-state index in [-0.39, 0.29) is 47.2 Å². The molecule has 0 saturated carbocycles. The molecule has 228 valence electrons. The van der Waals surface area contributed by atoms with Gasteiger partial charge in [-0.1, -0.05) is 42.0 Å². The molecule has 4 rings (SSSR count). The van der Waals surface area contributed by atoms with Crippen molar-refractivity contribution in [2.45, 2.75) is 44.1 Å². The summed E-state index contributed by atoms with van der Waals surface area (Å²) in [6.45, 7) is 1.48. The van der Waals surface area contributed by atoms with Gasteiger partial charge in [0, 0.05) is 12.8 Å². The maximum Gasteiger partial charge on any atom is 0.416 e. The van der Waals surface area contributed by atoms with Crippen molar-refractivity contribution >= 4 is 23.2 Å². The number of carbonyl (C=O) groups excluding carboxylic acids is 2. The number of aromatic nitrogens is 2. The molecule has 0 fully saturated rings. The van der Waals surface area contributed by atoms with Crippen LogP contribution in [0.2, 0.25) is 0 Å². The fourth-order valence-corrected chi connectivity index (χ4v) is 4.50. The monoisotopic (exact) mass is 608 g/mol. The lowest BCUT2D eigenvalue weighted by Gasteiger charge is -2.41. The molecule has 43 heavy (non-hydrogen) atoms. The summed E-state index contributed by atoms with van der Waals surface area (Å²) < 4.78 is 92.0. The van der Waals surface area contributed by atoms with Crippen molar-refractivity contribution in [3.05, 3.63) is 83.2 Å². The van der Waals surface area contributed by atoms with Gasteiger partial charge < -0.3 is 20.1 Å². The number of methoxy groups -OCH3 is 1. The van der Waals surface area contributed by atoms with E-state index in [9.17, 15) is 35.9 Å². The summed E-state index contributed by atoms with van der Waals surface area (Å²) in [6, 6.07) is 10.8. The number of aryl methyl sites for hydroxylation is 1. The maximum atomic E-state index is 14.9. The predicted molar refractivity (Wildman–Crippen MR) is 143 cm³/mol. The molecule has 2 aromatic carbocycles. The number of rotatable bonds is 9. The average Bonchev–Trinajstić information content (AvgIpc) is 2.95. The summed E-state index contributed by atoms with van der Waals surface area (Å²) in [6.07, 6.45) is -9.24. The molecule has 0 spiro atoms. The minimum atomic E-state index is -5.03. The molecule has 2 amide bonds. The first-order chi connectivity index (χ1) is 20.2. The molecule has 1 aliphatic heterocycles. The van der Waals surface area contributed by atoms with Crippen molar-refractivity contribution in [3.63, 3.8) is 0 Å². The number of ether oxygens (including phenoxy) is 2. The van der Waals surface area contributed by atoms with Crippen LogP contribution < -0.4 is 20.1 Å². The summed E-state index contributed by atoms with van der Waals surface area (Å²) in [7, 11) is 1.36. The van der Waals surface area contributed by atoms with Crippen LogP contribution in [0.5, 0.6) is 11.6 Å². The van der Waals surface area contributed by atoms with Crippen molar-refractivity contribution in [1.82, 2.24) is 15.3 Å². The zero-order valence-corrected chi connectivity index (χ0v) is 22.9. The fourth-order valence-electron chi connectivity index (χ4n) is 4.50. The highest BCUT2D eigenvalue weighted by Gasteiger charge is 2.60. The number of benzene rings is 2. The molecule has 2 N–H and O–H groups in total. The summed E-state index contributed by atoms with van der Waals surface area (Å²) in [5.74, 6) is -2.12. The van der Waals surface area contributed by atoms with Gasteiger partial charge in [-0.3, -0.25) is 9.59 Å². The molecular formula is C29H26F6N4O4. The highest BCUT2D eigenvalue weighted by Crippen LogP contribution is 2.48. The highest BCUT2D eigenvalue weighted by atomic mass is 19.4. The molecule has 0 bridgehead atoms. The van der Waals surface area contributed by atoms with Crippen LogP contribution in [0.4, 0.5) is 32.2 Å². The van der Waals surface area contributed by atoms with Crippen LogP contribution in [0, 0.1) is 6.92 Å². The van der Waals surface area contributed by atoms with Crippen molar-refractivity contribution in [3.8, 4) is 11.6 Å². The molecule has 1 aromatic heterocycles. The standard InChI is InChI=1S/C29H26F6N4O4/c1-17-4-6-18(7-5-17)21-14-27(29(33,34)35,19-8-10-20(11-9-19)43-13-3-12-28(30,31)32)39-26(41)24(21)25(40)38-22-15-37-23(42-2)16-36-22/h4-11,15-16H,3,12-14H2,1-2H3,(H,39,41)(H,36,38,40)/t27-/m0/s1. The Morgan fingerprint density at radius 2 is 1.67 bits per heavy atom. The van der Waals surface area contributed by atoms with E-state index in [1.807, 2.05) is 5.32 Å². The first kappa shape index (κ1) is 31.3. The van der Waals surface area contributed by atoms with Gasteiger partial charge in [-0.05, 0) is 42.2 Å². The van der Waals surface area contributed by atoms with Gasteiger partial charge in [-0.25, -0.2) is 9.97 Å². The molecular weight excluding hydrogens is 582 g/mol. The van der Waals surface area contributed by atoms with E-state index in [4.69, 9.17) is 9.47 Å². The van der Waals surface area contributed by atoms with Crippen molar-refractivity contribution < 1.29 is 45.4 Å². The lowest BCUT2D eigenvalue weighted by atomic mass is 9.76. The third-order valence-corrected chi connectivity index (χ3v) is 6.71. The third kappa shape index (κ3) is 7.24. The van der Waals surface area contributed by atoms with Gasteiger partial charge in [0.05, 0.1) is 26.1 Å². The fraction of sp³-hybridized carbons (Fsp3) is 0.310. The zero-order valence-electron chi connectivity index (χ0n) is 22.9. The Morgan fingerprint density at radius 3 is 2.23 bits per heavy atom. The number of hydrogen-bond donors (Lipinski definition) is 2. The van der Waals surface area contributed by atoms with Crippen LogP contribution in [0.1, 0.15) is 36.0 Å². The Kier molecular flexibility index (Phi) is 8.97. The van der Waals surface area contributed by atoms with Gasteiger partial charge in [-0.2, -0.15) is 26.3 Å². The number of hydrogen-bond acceptors (Lipinski definition) is 6. The number of halogens is 6. The summed E-state index contributed by atoms with van der Waals surface area (Å²) >= 11 is 0. The number of alkyl halides is 6. The molecule has 2 heterocycles. The number of amides is 2. The molecule has 3 aromatic rings. The Morgan fingerprint density at radius 1 is 1.00 bits per heavy atom. The molecule has 1 aliphatic rings. The molecule has 0 radical (unpaired) electrons. The van der Waals surface area contributed by atoms with Gasteiger partial charge in [0.15, 0.2) is 11.4 Å². The molecule has 0 saturated heterocycles.